The highest BCUT2D eigenvalue weighted by Crippen LogP contribution is 2.44. The molecule has 2 heterocycles. The third-order valence-corrected chi connectivity index (χ3v) is 15.1. The van der Waals surface area contributed by atoms with Crippen molar-refractivity contribution in [1.82, 2.24) is 14.0 Å². The second-order valence-electron chi connectivity index (χ2n) is 20.7. The van der Waals surface area contributed by atoms with Crippen LogP contribution in [0.5, 0.6) is 0 Å². The van der Waals surface area contributed by atoms with Gasteiger partial charge in [-0.1, -0.05) is 249 Å². The highest BCUT2D eigenvalue weighted by atomic mass is 15.2. The predicted octanol–water partition coefficient (Wildman–Crippen LogP) is 21.9. The summed E-state index contributed by atoms with van der Waals surface area (Å²) in [6, 6.07) is 60.4. The van der Waals surface area contributed by atoms with Crippen molar-refractivity contribution in [3.63, 3.8) is 0 Å². The molecule has 7 aromatic carbocycles. The highest BCUT2D eigenvalue weighted by molar-refractivity contribution is 6.19. The molecule has 2 aliphatic carbocycles. The van der Waals surface area contributed by atoms with Gasteiger partial charge < -0.3 is 14.0 Å². The Hall–Kier alpha value is -8.87. The maximum Gasteiger partial charge on any atom is 0.147 e. The van der Waals surface area contributed by atoms with Crippen molar-refractivity contribution in [1.29, 1.82) is 5.41 Å². The molecule has 6 nitrogen and oxygen atoms in total. The van der Waals surface area contributed by atoms with Gasteiger partial charge in [-0.25, -0.2) is 0 Å². The Balaban J connectivity index is 0.000000247. The normalized spacial score (nSPS) is 13.6. The van der Waals surface area contributed by atoms with Gasteiger partial charge >= 0.3 is 0 Å². The van der Waals surface area contributed by atoms with Crippen molar-refractivity contribution < 1.29 is 0 Å². The van der Waals surface area contributed by atoms with E-state index >= 15 is 0 Å². The number of hydrogen-bond acceptors (Lipinski definition) is 3. The molecule has 6 heteroatoms. The van der Waals surface area contributed by atoms with E-state index in [1.54, 1.807) is 0 Å². The van der Waals surface area contributed by atoms with Crippen LogP contribution in [0.1, 0.15) is 130 Å². The van der Waals surface area contributed by atoms with Crippen molar-refractivity contribution in [2.45, 2.75) is 113 Å². The van der Waals surface area contributed by atoms with Crippen LogP contribution in [0.4, 0.5) is 0 Å². The summed E-state index contributed by atoms with van der Waals surface area (Å²) < 4.78 is 4.97. The molecule has 1 unspecified atom stereocenters. The Bertz CT molecular complexity index is 3880. The Morgan fingerprint density at radius 2 is 1.20 bits per heavy atom. The van der Waals surface area contributed by atoms with E-state index in [0.29, 0.717) is 11.8 Å². The predicted molar refractivity (Wildman–Crippen MR) is 366 cm³/mol. The van der Waals surface area contributed by atoms with Crippen LogP contribution in [0.25, 0.3) is 71.8 Å². The number of para-hydroxylation sites is 4. The van der Waals surface area contributed by atoms with E-state index in [4.69, 9.17) is 10.4 Å². The number of hydrogen-bond donors (Lipinski definition) is 1. The standard InChI is InChI=1S/C47H39N3.C17H23N3.C9H12.2C2H6/c1-31-23-27-36(28-24-31)49-44-21-9-7-15-38(44)40-17-11-19-42(46(40)49)43-20-12-18-41-39-16-8-10-22-45(39)50(47(41)43)37-29-25-35(26-30-37)33(3)48-32(2)34-13-5-4-6-14-34;1-5-7-11-14(6-2)16(18)20(4)17(19-3)15-12-9-8-10-13-15;1-8(2)9-6-4-3-5-7-9;2*1-2/h5,7-23,25-27,29-30H,3-4,6,24,28H2,1-2H3;6-13,17-18H,3,5H2,1-2,4H3;3-8H,1-2H3;2*1-2H3/b;11-7-,14-6+,18-16?;;;. The Morgan fingerprint density at radius 3 is 1.71 bits per heavy atom. The number of nitrogens with one attached hydrogen (secondary N) is 1. The van der Waals surface area contributed by atoms with Crippen molar-refractivity contribution >= 4 is 73.3 Å². The average molecular weight is 1100 g/mol. The second-order valence-corrected chi connectivity index (χ2v) is 20.7. The van der Waals surface area contributed by atoms with Crippen molar-refractivity contribution in [3.05, 3.63) is 258 Å². The molecule has 83 heavy (non-hydrogen) atoms. The Labute approximate surface area is 495 Å². The number of aliphatic imine (C=N–C) groups is 2. The van der Waals surface area contributed by atoms with E-state index < -0.39 is 0 Å². The van der Waals surface area contributed by atoms with Gasteiger partial charge in [-0.05, 0) is 118 Å². The molecule has 0 radical (unpaired) electrons. The zero-order valence-corrected chi connectivity index (χ0v) is 51.1. The number of allylic oxidation sites excluding steroid dienone is 10. The summed E-state index contributed by atoms with van der Waals surface area (Å²) in [4.78, 5) is 10.9. The number of benzene rings is 7. The van der Waals surface area contributed by atoms with Gasteiger partial charge in [-0.15, -0.1) is 0 Å². The molecular formula is C77H86N6. The summed E-state index contributed by atoms with van der Waals surface area (Å²) in [7, 11) is 1.87. The minimum atomic E-state index is -0.242. The van der Waals surface area contributed by atoms with Gasteiger partial charge in [0, 0.05) is 62.4 Å². The van der Waals surface area contributed by atoms with Crippen LogP contribution in [0.15, 0.2) is 252 Å². The largest absolute Gasteiger partial charge is 0.334 e. The zero-order chi connectivity index (χ0) is 59.4. The van der Waals surface area contributed by atoms with Crippen LogP contribution < -0.4 is 0 Å². The molecule has 1 N–H and O–H groups in total. The Kier molecular flexibility index (Phi) is 22.5. The van der Waals surface area contributed by atoms with Crippen LogP contribution in [0, 0.1) is 5.41 Å². The number of likely N-dealkylation sites (N-methyl/N-ethyl adjacent to an activating group) is 1. The SMILES string of the molecule is C=C(N=C(C)C1=CCCC=C1)c1ccc(-n2c3ccccc3c3cccc(-c4cccc5c6ccccc6n(C6=CC=C(C)CC6)c45)c32)cc1.C=NC(c1ccccc1)N(C)C(=N)C(/C=C\CC)=C/C.CC.CC.CC(C)c1ccccc1. The van der Waals surface area contributed by atoms with Crippen molar-refractivity contribution in [2.24, 2.45) is 9.98 Å². The third kappa shape index (κ3) is 14.3. The van der Waals surface area contributed by atoms with Gasteiger partial charge in [0.15, 0.2) is 0 Å². The van der Waals surface area contributed by atoms with Crippen molar-refractivity contribution in [2.75, 3.05) is 7.05 Å². The maximum absolute atomic E-state index is 8.33. The van der Waals surface area contributed by atoms with E-state index in [1.807, 2.05) is 95.1 Å². The summed E-state index contributed by atoms with van der Waals surface area (Å²) in [5.41, 5.74) is 18.6. The average Bonchev–Trinajstić information content (AvgIpc) is 2.18. The van der Waals surface area contributed by atoms with Crippen LogP contribution in [0.2, 0.25) is 0 Å². The topological polar surface area (TPSA) is 61.7 Å². The molecule has 1 atom stereocenters. The summed E-state index contributed by atoms with van der Waals surface area (Å²) in [5.74, 6) is 1.10. The molecule has 0 amide bonds. The van der Waals surface area contributed by atoms with Crippen LogP contribution in [-0.4, -0.2) is 39.3 Å². The molecule has 424 valence electrons. The lowest BCUT2D eigenvalue weighted by molar-refractivity contribution is 0.388. The second kappa shape index (κ2) is 30.3. The van der Waals surface area contributed by atoms with Gasteiger partial charge in [0.25, 0.3) is 0 Å². The first-order chi connectivity index (χ1) is 40.5. The molecule has 0 bridgehead atoms. The van der Waals surface area contributed by atoms with Crippen LogP contribution in [-0.2, 0) is 0 Å². The molecule has 0 aliphatic heterocycles. The molecular weight excluding hydrogens is 1010 g/mol. The van der Waals surface area contributed by atoms with Crippen molar-refractivity contribution in [3.8, 4) is 16.8 Å². The summed E-state index contributed by atoms with van der Waals surface area (Å²) in [6.07, 6.45) is 22.2. The number of fused-ring (bicyclic) bond motifs is 6. The van der Waals surface area contributed by atoms with Crippen LogP contribution in [0.3, 0.4) is 0 Å². The zero-order valence-electron chi connectivity index (χ0n) is 51.1. The molecule has 11 rings (SSSR count). The van der Waals surface area contributed by atoms with Gasteiger partial charge in [0.05, 0.1) is 27.8 Å². The summed E-state index contributed by atoms with van der Waals surface area (Å²) in [5, 5.41) is 13.4. The smallest absolute Gasteiger partial charge is 0.147 e. The molecule has 0 saturated carbocycles. The molecule has 2 aromatic heterocycles. The maximum atomic E-state index is 8.33. The van der Waals surface area contributed by atoms with Gasteiger partial charge in [0.1, 0.15) is 12.0 Å². The lowest BCUT2D eigenvalue weighted by Gasteiger charge is -2.27. The van der Waals surface area contributed by atoms with Gasteiger partial charge in [-0.2, -0.15) is 0 Å². The fraction of sp³-hybridized carbons (Fsp3) is 0.234. The number of amidine groups is 1. The quantitative estimate of drug-likeness (QED) is 0.0698. The van der Waals surface area contributed by atoms with Gasteiger partial charge in [0.2, 0.25) is 0 Å². The molecule has 0 saturated heterocycles. The summed E-state index contributed by atoms with van der Waals surface area (Å²) in [6.45, 7) is 28.7. The molecule has 0 spiro atoms. The minimum absolute atomic E-state index is 0.242. The van der Waals surface area contributed by atoms with E-state index in [2.05, 4.69) is 232 Å². The van der Waals surface area contributed by atoms with E-state index in [-0.39, 0.29) is 6.17 Å². The monoisotopic (exact) mass is 1090 g/mol. The van der Waals surface area contributed by atoms with Crippen LogP contribution >= 0.6 is 0 Å². The number of rotatable bonds is 13. The fourth-order valence-electron chi connectivity index (χ4n) is 10.8. The lowest BCUT2D eigenvalue weighted by Crippen LogP contribution is -2.30. The summed E-state index contributed by atoms with van der Waals surface area (Å²) >= 11 is 0. The molecule has 2 aliphatic rings. The highest BCUT2D eigenvalue weighted by Gasteiger charge is 2.23. The van der Waals surface area contributed by atoms with E-state index in [1.165, 1.54) is 77.1 Å². The molecule has 0 fully saturated rings. The fourth-order valence-corrected chi connectivity index (χ4v) is 10.8. The number of aromatic nitrogens is 2. The first kappa shape index (κ1) is 61.7. The lowest BCUT2D eigenvalue weighted by atomic mass is 9.98. The Morgan fingerprint density at radius 1 is 0.663 bits per heavy atom. The van der Waals surface area contributed by atoms with E-state index in [0.717, 1.165) is 65.9 Å². The molecule has 9 aromatic rings. The first-order valence-electron chi connectivity index (χ1n) is 29.9. The number of nitrogens with zero attached hydrogens (tertiary/aromatic N) is 5. The first-order valence-corrected chi connectivity index (χ1v) is 29.9. The minimum Gasteiger partial charge on any atom is -0.334 e. The third-order valence-electron chi connectivity index (χ3n) is 15.1. The van der Waals surface area contributed by atoms with E-state index in [9.17, 15) is 0 Å². The van der Waals surface area contributed by atoms with Gasteiger partial charge in [-0.3, -0.25) is 15.4 Å².